The SMILES string of the molecule is FC(F)(F)c1ccccc1-c1nnc(S)[nH]1. The smallest absolute Gasteiger partial charge is 0.316 e. The molecule has 3 nitrogen and oxygen atoms in total. The van der Waals surface area contributed by atoms with E-state index in [0.717, 1.165) is 6.07 Å². The molecule has 84 valence electrons. The molecular weight excluding hydrogens is 239 g/mol. The van der Waals surface area contributed by atoms with E-state index in [9.17, 15) is 13.2 Å². The lowest BCUT2D eigenvalue weighted by Crippen LogP contribution is -2.07. The Bertz CT molecular complexity index is 507. The highest BCUT2D eigenvalue weighted by Crippen LogP contribution is 2.35. The molecule has 0 amide bonds. The second-order valence-corrected chi connectivity index (χ2v) is 3.46. The minimum atomic E-state index is -4.42. The van der Waals surface area contributed by atoms with E-state index in [-0.39, 0.29) is 16.5 Å². The summed E-state index contributed by atoms with van der Waals surface area (Å²) in [6, 6.07) is 5.15. The van der Waals surface area contributed by atoms with Crippen molar-refractivity contribution in [2.24, 2.45) is 0 Å². The Labute approximate surface area is 94.1 Å². The number of hydrogen-bond donors (Lipinski definition) is 2. The third-order valence-electron chi connectivity index (χ3n) is 1.96. The summed E-state index contributed by atoms with van der Waals surface area (Å²) in [6.07, 6.45) is -4.42. The third kappa shape index (κ3) is 2.04. The van der Waals surface area contributed by atoms with Gasteiger partial charge in [0.2, 0.25) is 0 Å². The molecule has 1 N–H and O–H groups in total. The van der Waals surface area contributed by atoms with Crippen LogP contribution in [-0.2, 0) is 6.18 Å². The number of alkyl halides is 3. The maximum Gasteiger partial charge on any atom is 0.417 e. The molecule has 0 aliphatic heterocycles. The van der Waals surface area contributed by atoms with Crippen LogP contribution >= 0.6 is 12.6 Å². The molecular formula is C9H6F3N3S. The average molecular weight is 245 g/mol. The van der Waals surface area contributed by atoms with Crippen molar-refractivity contribution in [3.63, 3.8) is 0 Å². The molecule has 1 heterocycles. The second-order valence-electron chi connectivity index (χ2n) is 3.04. The van der Waals surface area contributed by atoms with Crippen molar-refractivity contribution < 1.29 is 13.2 Å². The maximum absolute atomic E-state index is 12.7. The Balaban J connectivity index is 2.57. The number of halogens is 3. The van der Waals surface area contributed by atoms with Gasteiger partial charge in [0.1, 0.15) is 0 Å². The van der Waals surface area contributed by atoms with Crippen molar-refractivity contribution >= 4 is 12.6 Å². The number of aromatic amines is 1. The maximum atomic E-state index is 12.7. The van der Waals surface area contributed by atoms with Gasteiger partial charge in [0.15, 0.2) is 11.0 Å². The predicted molar refractivity (Wildman–Crippen MR) is 54.1 cm³/mol. The van der Waals surface area contributed by atoms with Crippen LogP contribution in [0.25, 0.3) is 11.4 Å². The van der Waals surface area contributed by atoms with Crippen LogP contribution in [0.3, 0.4) is 0 Å². The van der Waals surface area contributed by atoms with Gasteiger partial charge in [-0.05, 0) is 6.07 Å². The van der Waals surface area contributed by atoms with Crippen LogP contribution in [0, 0.1) is 0 Å². The number of H-pyrrole nitrogens is 1. The summed E-state index contributed by atoms with van der Waals surface area (Å²) in [7, 11) is 0. The van der Waals surface area contributed by atoms with Crippen LogP contribution in [0.15, 0.2) is 29.4 Å². The summed E-state index contributed by atoms with van der Waals surface area (Å²) >= 11 is 3.85. The van der Waals surface area contributed by atoms with Gasteiger partial charge in [0.05, 0.1) is 5.56 Å². The lowest BCUT2D eigenvalue weighted by molar-refractivity contribution is -0.137. The molecule has 0 aliphatic carbocycles. The van der Waals surface area contributed by atoms with Crippen LogP contribution < -0.4 is 0 Å². The Morgan fingerprint density at radius 1 is 1.12 bits per heavy atom. The third-order valence-corrected chi connectivity index (χ3v) is 2.16. The van der Waals surface area contributed by atoms with Crippen LogP contribution in [0.2, 0.25) is 0 Å². The summed E-state index contributed by atoms with van der Waals surface area (Å²) < 4.78 is 38.0. The van der Waals surface area contributed by atoms with E-state index in [1.807, 2.05) is 0 Å². The zero-order valence-corrected chi connectivity index (χ0v) is 8.68. The number of benzene rings is 1. The van der Waals surface area contributed by atoms with Gasteiger partial charge < -0.3 is 4.98 Å². The highest BCUT2D eigenvalue weighted by Gasteiger charge is 2.34. The van der Waals surface area contributed by atoms with Crippen molar-refractivity contribution in [2.45, 2.75) is 11.3 Å². The minimum Gasteiger partial charge on any atom is -0.316 e. The molecule has 0 atom stereocenters. The Hall–Kier alpha value is -1.50. The molecule has 0 saturated heterocycles. The summed E-state index contributed by atoms with van der Waals surface area (Å²) in [5.41, 5.74) is -0.790. The van der Waals surface area contributed by atoms with Crippen molar-refractivity contribution in [1.29, 1.82) is 0 Å². The fourth-order valence-corrected chi connectivity index (χ4v) is 1.46. The quantitative estimate of drug-likeness (QED) is 0.758. The fourth-order valence-electron chi connectivity index (χ4n) is 1.31. The van der Waals surface area contributed by atoms with Crippen molar-refractivity contribution in [3.05, 3.63) is 29.8 Å². The van der Waals surface area contributed by atoms with E-state index < -0.39 is 11.7 Å². The molecule has 2 rings (SSSR count). The van der Waals surface area contributed by atoms with E-state index in [1.165, 1.54) is 18.2 Å². The number of thiol groups is 1. The minimum absolute atomic E-state index is 0.0391. The van der Waals surface area contributed by atoms with Crippen LogP contribution in [0.1, 0.15) is 5.56 Å². The molecule has 2 aromatic rings. The van der Waals surface area contributed by atoms with Gasteiger partial charge in [-0.25, -0.2) is 0 Å². The van der Waals surface area contributed by atoms with Gasteiger partial charge >= 0.3 is 6.18 Å². The van der Waals surface area contributed by atoms with E-state index >= 15 is 0 Å². The van der Waals surface area contributed by atoms with Crippen LogP contribution in [0.5, 0.6) is 0 Å². The monoisotopic (exact) mass is 245 g/mol. The summed E-state index contributed by atoms with van der Waals surface area (Å²) in [4.78, 5) is 2.55. The zero-order valence-electron chi connectivity index (χ0n) is 7.78. The lowest BCUT2D eigenvalue weighted by Gasteiger charge is -2.09. The van der Waals surface area contributed by atoms with Gasteiger partial charge in [-0.1, -0.05) is 18.2 Å². The molecule has 16 heavy (non-hydrogen) atoms. The molecule has 0 bridgehead atoms. The zero-order chi connectivity index (χ0) is 11.8. The number of nitrogens with zero attached hydrogens (tertiary/aromatic N) is 2. The number of nitrogens with one attached hydrogen (secondary N) is 1. The number of rotatable bonds is 1. The van der Waals surface area contributed by atoms with Gasteiger partial charge in [-0.3, -0.25) is 0 Å². The predicted octanol–water partition coefficient (Wildman–Crippen LogP) is 2.78. The largest absolute Gasteiger partial charge is 0.417 e. The Kier molecular flexibility index (Phi) is 2.63. The molecule has 0 fully saturated rings. The summed E-state index contributed by atoms with van der Waals surface area (Å²) in [6.45, 7) is 0. The molecule has 0 aliphatic rings. The van der Waals surface area contributed by atoms with E-state index in [4.69, 9.17) is 0 Å². The highest BCUT2D eigenvalue weighted by molar-refractivity contribution is 7.80. The fraction of sp³-hybridized carbons (Fsp3) is 0.111. The first kappa shape index (κ1) is 11.0. The standard InChI is InChI=1S/C9H6F3N3S/c10-9(11,12)6-4-2-1-3-5(6)7-13-8(16)15-14-7/h1-4H,(H2,13,14,15,16). The second kappa shape index (κ2) is 3.82. The molecule has 0 unspecified atom stereocenters. The molecule has 0 spiro atoms. The molecule has 0 saturated carbocycles. The van der Waals surface area contributed by atoms with Crippen molar-refractivity contribution in [2.75, 3.05) is 0 Å². The summed E-state index contributed by atoms with van der Waals surface area (Å²) in [5.74, 6) is 0.0536. The van der Waals surface area contributed by atoms with Crippen LogP contribution in [0.4, 0.5) is 13.2 Å². The van der Waals surface area contributed by atoms with Gasteiger partial charge in [-0.15, -0.1) is 22.8 Å². The topological polar surface area (TPSA) is 41.6 Å². The van der Waals surface area contributed by atoms with Crippen molar-refractivity contribution in [3.8, 4) is 11.4 Å². The average Bonchev–Trinajstić information content (AvgIpc) is 2.64. The lowest BCUT2D eigenvalue weighted by atomic mass is 10.1. The Morgan fingerprint density at radius 2 is 1.81 bits per heavy atom. The van der Waals surface area contributed by atoms with Gasteiger partial charge in [0, 0.05) is 5.56 Å². The first-order chi connectivity index (χ1) is 7.48. The number of hydrogen-bond acceptors (Lipinski definition) is 3. The van der Waals surface area contributed by atoms with E-state index in [1.54, 1.807) is 0 Å². The number of aromatic nitrogens is 3. The van der Waals surface area contributed by atoms with E-state index in [2.05, 4.69) is 27.8 Å². The highest BCUT2D eigenvalue weighted by atomic mass is 32.1. The van der Waals surface area contributed by atoms with Crippen molar-refractivity contribution in [1.82, 2.24) is 15.2 Å². The molecule has 1 aromatic heterocycles. The molecule has 1 aromatic carbocycles. The first-order valence-electron chi connectivity index (χ1n) is 4.27. The Morgan fingerprint density at radius 3 is 2.38 bits per heavy atom. The van der Waals surface area contributed by atoms with Gasteiger partial charge in [-0.2, -0.15) is 13.2 Å². The van der Waals surface area contributed by atoms with E-state index in [0.29, 0.717) is 0 Å². The summed E-state index contributed by atoms with van der Waals surface area (Å²) in [5, 5.41) is 7.26. The normalized spacial score (nSPS) is 11.8. The van der Waals surface area contributed by atoms with Gasteiger partial charge in [0.25, 0.3) is 0 Å². The van der Waals surface area contributed by atoms with Crippen LogP contribution in [-0.4, -0.2) is 15.2 Å². The molecule has 0 radical (unpaired) electrons. The molecule has 7 heteroatoms. The first-order valence-corrected chi connectivity index (χ1v) is 4.71.